The van der Waals surface area contributed by atoms with Gasteiger partial charge in [0.05, 0.1) is 7.11 Å². The van der Waals surface area contributed by atoms with Gasteiger partial charge in [-0.2, -0.15) is 0 Å². The van der Waals surface area contributed by atoms with Gasteiger partial charge in [-0.15, -0.1) is 0 Å². The third-order valence-corrected chi connectivity index (χ3v) is 3.40. The Morgan fingerprint density at radius 1 is 1.10 bits per heavy atom. The van der Waals surface area contributed by atoms with Crippen LogP contribution in [0.4, 0.5) is 0 Å². The summed E-state index contributed by atoms with van der Waals surface area (Å²) < 4.78 is 11.2. The van der Waals surface area contributed by atoms with Crippen LogP contribution in [0.25, 0.3) is 0 Å². The zero-order valence-corrected chi connectivity index (χ0v) is 13.3. The van der Waals surface area contributed by atoms with Crippen molar-refractivity contribution in [3.05, 3.63) is 23.8 Å². The van der Waals surface area contributed by atoms with Crippen molar-refractivity contribution in [1.82, 2.24) is 4.90 Å². The third kappa shape index (κ3) is 4.69. The molecule has 0 amide bonds. The van der Waals surface area contributed by atoms with E-state index in [0.717, 1.165) is 23.6 Å². The second-order valence-electron chi connectivity index (χ2n) is 5.46. The summed E-state index contributed by atoms with van der Waals surface area (Å²) in [4.78, 5) is 2.40. The van der Waals surface area contributed by atoms with Gasteiger partial charge in [0.1, 0.15) is 6.61 Å². The summed E-state index contributed by atoms with van der Waals surface area (Å²) in [5.41, 5.74) is 6.67. The van der Waals surface area contributed by atoms with Crippen molar-refractivity contribution in [3.63, 3.8) is 0 Å². The zero-order chi connectivity index (χ0) is 15.1. The van der Waals surface area contributed by atoms with Crippen LogP contribution in [0.2, 0.25) is 0 Å². The summed E-state index contributed by atoms with van der Waals surface area (Å²) in [6, 6.07) is 6.86. The third-order valence-electron chi connectivity index (χ3n) is 3.40. The van der Waals surface area contributed by atoms with Gasteiger partial charge < -0.3 is 15.2 Å². The summed E-state index contributed by atoms with van der Waals surface area (Å²) >= 11 is 0. The van der Waals surface area contributed by atoms with Crippen LogP contribution >= 0.6 is 0 Å². The van der Waals surface area contributed by atoms with Crippen LogP contribution in [0.1, 0.15) is 33.3 Å². The molecular formula is C16H28N2O2. The fourth-order valence-corrected chi connectivity index (χ4v) is 2.33. The molecule has 0 aliphatic carbocycles. The van der Waals surface area contributed by atoms with E-state index in [1.807, 2.05) is 18.2 Å². The highest BCUT2D eigenvalue weighted by molar-refractivity contribution is 5.42. The average molecular weight is 280 g/mol. The summed E-state index contributed by atoms with van der Waals surface area (Å²) in [7, 11) is 1.65. The molecule has 0 aliphatic rings. The molecule has 1 aromatic carbocycles. The molecule has 20 heavy (non-hydrogen) atoms. The maximum atomic E-state index is 5.85. The van der Waals surface area contributed by atoms with Crippen LogP contribution in [0, 0.1) is 0 Å². The molecule has 1 aromatic rings. The minimum atomic E-state index is 0.505. The Bertz CT molecular complexity index is 397. The van der Waals surface area contributed by atoms with E-state index in [-0.39, 0.29) is 0 Å². The molecule has 0 saturated heterocycles. The summed E-state index contributed by atoms with van der Waals surface area (Å²) in [5, 5.41) is 0. The van der Waals surface area contributed by atoms with Gasteiger partial charge in [0.2, 0.25) is 0 Å². The topological polar surface area (TPSA) is 47.7 Å². The fourth-order valence-electron chi connectivity index (χ4n) is 2.33. The molecule has 114 valence electrons. The van der Waals surface area contributed by atoms with E-state index in [4.69, 9.17) is 15.2 Å². The van der Waals surface area contributed by atoms with E-state index in [1.165, 1.54) is 0 Å². The predicted molar refractivity (Wildman–Crippen MR) is 83.4 cm³/mol. The largest absolute Gasteiger partial charge is 0.493 e. The van der Waals surface area contributed by atoms with Crippen molar-refractivity contribution in [3.8, 4) is 11.5 Å². The molecule has 0 saturated carbocycles. The van der Waals surface area contributed by atoms with E-state index in [2.05, 4.69) is 32.6 Å². The van der Waals surface area contributed by atoms with Gasteiger partial charge in [0.15, 0.2) is 11.5 Å². The number of hydrogen-bond donors (Lipinski definition) is 1. The van der Waals surface area contributed by atoms with E-state index in [1.54, 1.807) is 7.11 Å². The van der Waals surface area contributed by atoms with E-state index in [0.29, 0.717) is 25.2 Å². The molecule has 0 unspecified atom stereocenters. The van der Waals surface area contributed by atoms with Crippen LogP contribution in [-0.2, 0) is 6.54 Å². The van der Waals surface area contributed by atoms with Crippen molar-refractivity contribution >= 4 is 0 Å². The molecule has 0 atom stereocenters. The van der Waals surface area contributed by atoms with E-state index < -0.39 is 0 Å². The van der Waals surface area contributed by atoms with Crippen molar-refractivity contribution in [1.29, 1.82) is 0 Å². The molecular weight excluding hydrogens is 252 g/mol. The molecule has 0 bridgehead atoms. The lowest BCUT2D eigenvalue weighted by molar-refractivity contribution is 0.140. The molecule has 4 nitrogen and oxygen atoms in total. The Morgan fingerprint density at radius 2 is 1.75 bits per heavy atom. The summed E-state index contributed by atoms with van der Waals surface area (Å²) in [5.74, 6) is 1.52. The van der Waals surface area contributed by atoms with Gasteiger partial charge in [0.25, 0.3) is 0 Å². The highest BCUT2D eigenvalue weighted by Crippen LogP contribution is 2.27. The van der Waals surface area contributed by atoms with Gasteiger partial charge in [-0.1, -0.05) is 6.07 Å². The quantitative estimate of drug-likeness (QED) is 0.795. The first kappa shape index (κ1) is 16.8. The monoisotopic (exact) mass is 280 g/mol. The SMILES string of the molecule is COc1cc(CN)ccc1OCCN(C(C)C)C(C)C. The van der Waals surface area contributed by atoms with Crippen LogP contribution in [0.3, 0.4) is 0 Å². The second-order valence-corrected chi connectivity index (χ2v) is 5.46. The van der Waals surface area contributed by atoms with Crippen LogP contribution in [0.15, 0.2) is 18.2 Å². The lowest BCUT2D eigenvalue weighted by Crippen LogP contribution is -2.39. The van der Waals surface area contributed by atoms with E-state index in [9.17, 15) is 0 Å². The van der Waals surface area contributed by atoms with Gasteiger partial charge in [-0.3, -0.25) is 4.90 Å². The van der Waals surface area contributed by atoms with Gasteiger partial charge >= 0.3 is 0 Å². The maximum Gasteiger partial charge on any atom is 0.161 e. The standard InChI is InChI=1S/C16H28N2O2/c1-12(2)18(13(3)4)8-9-20-15-7-6-14(11-17)10-16(15)19-5/h6-7,10,12-13H,8-9,11,17H2,1-5H3. The molecule has 0 spiro atoms. The first-order valence-electron chi connectivity index (χ1n) is 7.25. The second kappa shape index (κ2) is 8.12. The lowest BCUT2D eigenvalue weighted by atomic mass is 10.2. The molecule has 0 fully saturated rings. The molecule has 4 heteroatoms. The number of benzene rings is 1. The Hall–Kier alpha value is -1.26. The number of ether oxygens (including phenoxy) is 2. The normalized spacial score (nSPS) is 11.4. The summed E-state index contributed by atoms with van der Waals surface area (Å²) in [6.07, 6.45) is 0. The van der Waals surface area contributed by atoms with Gasteiger partial charge in [-0.25, -0.2) is 0 Å². The first-order chi connectivity index (χ1) is 9.49. The molecule has 0 aliphatic heterocycles. The Morgan fingerprint density at radius 3 is 2.25 bits per heavy atom. The first-order valence-corrected chi connectivity index (χ1v) is 7.25. The molecule has 0 aromatic heterocycles. The van der Waals surface area contributed by atoms with Crippen LogP contribution < -0.4 is 15.2 Å². The number of hydrogen-bond acceptors (Lipinski definition) is 4. The fraction of sp³-hybridized carbons (Fsp3) is 0.625. The number of nitrogens with two attached hydrogens (primary N) is 1. The van der Waals surface area contributed by atoms with Gasteiger partial charge in [0, 0.05) is 25.2 Å². The van der Waals surface area contributed by atoms with Crippen molar-refractivity contribution in [2.24, 2.45) is 5.73 Å². The molecule has 1 rings (SSSR count). The molecule has 0 radical (unpaired) electrons. The Balaban J connectivity index is 2.61. The van der Waals surface area contributed by atoms with Gasteiger partial charge in [-0.05, 0) is 45.4 Å². The maximum absolute atomic E-state index is 5.85. The van der Waals surface area contributed by atoms with Crippen LogP contribution in [0.5, 0.6) is 11.5 Å². The lowest BCUT2D eigenvalue weighted by Gasteiger charge is -2.30. The predicted octanol–water partition coefficient (Wildman–Crippen LogP) is 2.65. The number of methoxy groups -OCH3 is 1. The number of nitrogens with zero attached hydrogens (tertiary/aromatic N) is 1. The highest BCUT2D eigenvalue weighted by atomic mass is 16.5. The van der Waals surface area contributed by atoms with E-state index >= 15 is 0 Å². The minimum Gasteiger partial charge on any atom is -0.493 e. The Labute approximate surface area is 122 Å². The molecule has 2 N–H and O–H groups in total. The minimum absolute atomic E-state index is 0.505. The number of rotatable bonds is 8. The van der Waals surface area contributed by atoms with Crippen molar-refractivity contribution < 1.29 is 9.47 Å². The Kier molecular flexibility index (Phi) is 6.82. The average Bonchev–Trinajstić information content (AvgIpc) is 2.42. The van der Waals surface area contributed by atoms with Crippen LogP contribution in [-0.4, -0.2) is 37.2 Å². The highest BCUT2D eigenvalue weighted by Gasteiger charge is 2.13. The smallest absolute Gasteiger partial charge is 0.161 e. The van der Waals surface area contributed by atoms with Crippen molar-refractivity contribution in [2.45, 2.75) is 46.3 Å². The zero-order valence-electron chi connectivity index (χ0n) is 13.3. The molecule has 0 heterocycles. The summed E-state index contributed by atoms with van der Waals surface area (Å²) in [6.45, 7) is 10.9. The van der Waals surface area contributed by atoms with Crippen molar-refractivity contribution in [2.75, 3.05) is 20.3 Å².